The summed E-state index contributed by atoms with van der Waals surface area (Å²) in [6.45, 7) is 15.5. The summed E-state index contributed by atoms with van der Waals surface area (Å²) in [6, 6.07) is 0.559. The molecule has 0 aromatic carbocycles. The van der Waals surface area contributed by atoms with Crippen molar-refractivity contribution in [2.75, 3.05) is 33.4 Å². The van der Waals surface area contributed by atoms with E-state index in [2.05, 4.69) is 51.9 Å². The molecule has 3 heteroatoms. The number of ether oxygens (including phenoxy) is 1. The first kappa shape index (κ1) is 16.9. The molecular weight excluding hydrogens is 236 g/mol. The molecule has 1 saturated heterocycles. The van der Waals surface area contributed by atoms with E-state index < -0.39 is 0 Å². The summed E-state index contributed by atoms with van der Waals surface area (Å²) in [5.41, 5.74) is 0.660. The third-order valence-corrected chi connectivity index (χ3v) is 4.91. The predicted octanol–water partition coefficient (Wildman–Crippen LogP) is 2.90. The topological polar surface area (TPSA) is 24.5 Å². The highest BCUT2D eigenvalue weighted by molar-refractivity contribution is 4.90. The van der Waals surface area contributed by atoms with Crippen molar-refractivity contribution >= 4 is 0 Å². The van der Waals surface area contributed by atoms with E-state index >= 15 is 0 Å². The first-order valence-corrected chi connectivity index (χ1v) is 7.84. The van der Waals surface area contributed by atoms with Crippen molar-refractivity contribution in [1.82, 2.24) is 10.2 Å². The quantitative estimate of drug-likeness (QED) is 0.770. The number of nitrogens with zero attached hydrogens (tertiary/aromatic N) is 1. The molecule has 1 N–H and O–H groups in total. The molecule has 114 valence electrons. The van der Waals surface area contributed by atoms with Crippen LogP contribution in [0.3, 0.4) is 0 Å². The van der Waals surface area contributed by atoms with Crippen LogP contribution in [0.4, 0.5) is 0 Å². The minimum absolute atomic E-state index is 0.281. The van der Waals surface area contributed by atoms with Crippen LogP contribution in [0, 0.1) is 5.41 Å². The molecular formula is C16H34N2O. The lowest BCUT2D eigenvalue weighted by atomic mass is 9.78. The maximum atomic E-state index is 5.58. The molecule has 1 rings (SSSR count). The second-order valence-corrected chi connectivity index (χ2v) is 7.17. The Balaban J connectivity index is 2.68. The molecule has 19 heavy (non-hydrogen) atoms. The predicted molar refractivity (Wildman–Crippen MR) is 82.6 cm³/mol. The Morgan fingerprint density at radius 2 is 1.84 bits per heavy atom. The molecule has 1 heterocycles. The molecule has 0 aromatic heterocycles. The molecule has 1 aliphatic rings. The SMILES string of the molecule is CCC(C)(C)N(C)CC1(CNC(C)C)CCOCC1. The van der Waals surface area contributed by atoms with Gasteiger partial charge in [-0.25, -0.2) is 0 Å². The van der Waals surface area contributed by atoms with Gasteiger partial charge in [0.2, 0.25) is 0 Å². The molecule has 0 saturated carbocycles. The van der Waals surface area contributed by atoms with E-state index in [1.54, 1.807) is 0 Å². The lowest BCUT2D eigenvalue weighted by molar-refractivity contribution is -0.0177. The van der Waals surface area contributed by atoms with Crippen LogP contribution in [0.15, 0.2) is 0 Å². The zero-order chi connectivity index (χ0) is 14.5. The largest absolute Gasteiger partial charge is 0.381 e. The summed E-state index contributed by atoms with van der Waals surface area (Å²) in [7, 11) is 2.27. The van der Waals surface area contributed by atoms with Crippen LogP contribution in [0.2, 0.25) is 0 Å². The molecule has 0 bridgehead atoms. The van der Waals surface area contributed by atoms with Crippen molar-refractivity contribution in [3.63, 3.8) is 0 Å². The first-order chi connectivity index (χ1) is 8.81. The monoisotopic (exact) mass is 270 g/mol. The van der Waals surface area contributed by atoms with Crippen LogP contribution in [0.5, 0.6) is 0 Å². The molecule has 0 radical (unpaired) electrons. The Morgan fingerprint density at radius 1 is 1.26 bits per heavy atom. The van der Waals surface area contributed by atoms with Gasteiger partial charge in [-0.3, -0.25) is 0 Å². The lowest BCUT2D eigenvalue weighted by Gasteiger charge is -2.45. The highest BCUT2D eigenvalue weighted by atomic mass is 16.5. The van der Waals surface area contributed by atoms with Crippen molar-refractivity contribution in [3.05, 3.63) is 0 Å². The average molecular weight is 270 g/mol. The molecule has 0 aromatic rings. The summed E-state index contributed by atoms with van der Waals surface area (Å²) >= 11 is 0. The molecule has 0 aliphatic carbocycles. The van der Waals surface area contributed by atoms with Crippen molar-refractivity contribution in [3.8, 4) is 0 Å². The van der Waals surface area contributed by atoms with Crippen molar-refractivity contribution in [1.29, 1.82) is 0 Å². The molecule has 1 fully saturated rings. The molecule has 3 nitrogen and oxygen atoms in total. The summed E-state index contributed by atoms with van der Waals surface area (Å²) in [5, 5.41) is 3.65. The molecule has 1 aliphatic heterocycles. The van der Waals surface area contributed by atoms with Gasteiger partial charge in [-0.05, 0) is 45.6 Å². The van der Waals surface area contributed by atoms with Gasteiger partial charge in [-0.15, -0.1) is 0 Å². The molecule has 0 unspecified atom stereocenters. The Labute approximate surface area is 120 Å². The zero-order valence-corrected chi connectivity index (χ0v) is 13.9. The molecule has 0 atom stereocenters. The fourth-order valence-corrected chi connectivity index (χ4v) is 2.60. The van der Waals surface area contributed by atoms with Crippen LogP contribution in [-0.2, 0) is 4.74 Å². The minimum atomic E-state index is 0.281. The van der Waals surface area contributed by atoms with Gasteiger partial charge in [0.15, 0.2) is 0 Å². The van der Waals surface area contributed by atoms with Crippen LogP contribution in [0.1, 0.15) is 53.9 Å². The van der Waals surface area contributed by atoms with E-state index in [4.69, 9.17) is 4.74 Å². The van der Waals surface area contributed by atoms with E-state index in [0.717, 1.165) is 26.3 Å². The third-order valence-electron chi connectivity index (χ3n) is 4.91. The highest BCUT2D eigenvalue weighted by Crippen LogP contribution is 2.33. The van der Waals surface area contributed by atoms with Crippen molar-refractivity contribution < 1.29 is 4.74 Å². The van der Waals surface area contributed by atoms with Gasteiger partial charge in [0.25, 0.3) is 0 Å². The van der Waals surface area contributed by atoms with Crippen LogP contribution >= 0.6 is 0 Å². The van der Waals surface area contributed by atoms with E-state index in [1.807, 2.05) is 0 Å². The summed E-state index contributed by atoms with van der Waals surface area (Å²) in [5.74, 6) is 0. The van der Waals surface area contributed by atoms with Gasteiger partial charge in [-0.1, -0.05) is 20.8 Å². The number of hydrogen-bond donors (Lipinski definition) is 1. The van der Waals surface area contributed by atoms with Crippen LogP contribution in [-0.4, -0.2) is 49.8 Å². The van der Waals surface area contributed by atoms with Gasteiger partial charge in [0.05, 0.1) is 0 Å². The normalized spacial score (nSPS) is 20.2. The smallest absolute Gasteiger partial charge is 0.0472 e. The summed E-state index contributed by atoms with van der Waals surface area (Å²) in [6.07, 6.45) is 3.54. The number of hydrogen-bond acceptors (Lipinski definition) is 3. The van der Waals surface area contributed by atoms with E-state index in [0.29, 0.717) is 11.5 Å². The standard InChI is InChI=1S/C16H34N2O/c1-7-15(4,5)18(6)13-16(12-17-14(2)3)8-10-19-11-9-16/h14,17H,7-13H2,1-6H3. The van der Waals surface area contributed by atoms with Crippen molar-refractivity contribution in [2.45, 2.75) is 65.5 Å². The van der Waals surface area contributed by atoms with Crippen LogP contribution < -0.4 is 5.32 Å². The fourth-order valence-electron chi connectivity index (χ4n) is 2.60. The number of rotatable bonds is 7. The lowest BCUT2D eigenvalue weighted by Crippen LogP contribution is -2.52. The van der Waals surface area contributed by atoms with Gasteiger partial charge in [0.1, 0.15) is 0 Å². The number of nitrogens with one attached hydrogen (secondary N) is 1. The van der Waals surface area contributed by atoms with Gasteiger partial charge in [0, 0.05) is 37.9 Å². The second kappa shape index (κ2) is 7.05. The zero-order valence-electron chi connectivity index (χ0n) is 13.9. The van der Waals surface area contributed by atoms with Gasteiger partial charge >= 0.3 is 0 Å². The maximum Gasteiger partial charge on any atom is 0.0472 e. The highest BCUT2D eigenvalue weighted by Gasteiger charge is 2.36. The Morgan fingerprint density at radius 3 is 2.32 bits per heavy atom. The summed E-state index contributed by atoms with van der Waals surface area (Å²) in [4.78, 5) is 2.54. The molecule has 0 amide bonds. The Hall–Kier alpha value is -0.120. The van der Waals surface area contributed by atoms with Gasteiger partial charge in [-0.2, -0.15) is 0 Å². The second-order valence-electron chi connectivity index (χ2n) is 7.17. The Kier molecular flexibility index (Phi) is 6.28. The van der Waals surface area contributed by atoms with E-state index in [1.165, 1.54) is 19.3 Å². The third kappa shape index (κ3) is 5.05. The van der Waals surface area contributed by atoms with Gasteiger partial charge < -0.3 is 15.0 Å². The van der Waals surface area contributed by atoms with Crippen LogP contribution in [0.25, 0.3) is 0 Å². The minimum Gasteiger partial charge on any atom is -0.381 e. The summed E-state index contributed by atoms with van der Waals surface area (Å²) < 4.78 is 5.58. The maximum absolute atomic E-state index is 5.58. The molecule has 0 spiro atoms. The van der Waals surface area contributed by atoms with E-state index in [-0.39, 0.29) is 5.54 Å². The van der Waals surface area contributed by atoms with Crippen molar-refractivity contribution in [2.24, 2.45) is 5.41 Å². The first-order valence-electron chi connectivity index (χ1n) is 7.84. The fraction of sp³-hybridized carbons (Fsp3) is 1.00. The Bertz CT molecular complexity index is 257. The van der Waals surface area contributed by atoms with E-state index in [9.17, 15) is 0 Å². The average Bonchev–Trinajstić information content (AvgIpc) is 2.37.